The highest BCUT2D eigenvalue weighted by Crippen LogP contribution is 2.19. The number of benzene rings is 1. The van der Waals surface area contributed by atoms with Gasteiger partial charge in [-0.3, -0.25) is 0 Å². The van der Waals surface area contributed by atoms with Gasteiger partial charge in [0.1, 0.15) is 0 Å². The summed E-state index contributed by atoms with van der Waals surface area (Å²) in [5.41, 5.74) is 4.22. The van der Waals surface area contributed by atoms with E-state index in [2.05, 4.69) is 10.4 Å². The highest BCUT2D eigenvalue weighted by atomic mass is 16.4. The van der Waals surface area contributed by atoms with Crippen LogP contribution in [0.15, 0.2) is 48.8 Å². The lowest BCUT2D eigenvalue weighted by molar-refractivity contribution is 0.0697. The molecule has 1 aromatic carbocycles. The minimum absolute atomic E-state index is 0.281. The van der Waals surface area contributed by atoms with Crippen LogP contribution >= 0.6 is 0 Å². The second-order valence-electron chi connectivity index (χ2n) is 4.89. The molecular weight excluding hydrogens is 266 g/mol. The smallest absolute Gasteiger partial charge is 0.335 e. The van der Waals surface area contributed by atoms with Gasteiger partial charge in [-0.05, 0) is 36.8 Å². The number of pyridine rings is 1. The number of carboxylic acid groups (broad SMARTS) is 1. The molecule has 0 saturated carbocycles. The van der Waals surface area contributed by atoms with Crippen molar-refractivity contribution in [2.75, 3.05) is 5.32 Å². The van der Waals surface area contributed by atoms with E-state index in [0.29, 0.717) is 6.54 Å². The minimum Gasteiger partial charge on any atom is -0.478 e. The Morgan fingerprint density at radius 1 is 1.33 bits per heavy atom. The van der Waals surface area contributed by atoms with E-state index in [1.807, 2.05) is 48.1 Å². The van der Waals surface area contributed by atoms with Gasteiger partial charge in [0.25, 0.3) is 0 Å². The average molecular weight is 281 g/mol. The number of hydrogen-bond acceptors (Lipinski definition) is 3. The Kier molecular flexibility index (Phi) is 3.31. The Bertz CT molecular complexity index is 808. The molecule has 3 aromatic rings. The minimum atomic E-state index is -0.922. The summed E-state index contributed by atoms with van der Waals surface area (Å²) in [4.78, 5) is 11.0. The summed E-state index contributed by atoms with van der Waals surface area (Å²) < 4.78 is 1.82. The van der Waals surface area contributed by atoms with Crippen LogP contribution in [0.3, 0.4) is 0 Å². The lowest BCUT2D eigenvalue weighted by Crippen LogP contribution is -2.03. The van der Waals surface area contributed by atoms with Crippen LogP contribution in [0.4, 0.5) is 5.69 Å². The molecule has 3 rings (SSSR count). The molecule has 0 aliphatic carbocycles. The molecule has 5 heteroatoms. The van der Waals surface area contributed by atoms with E-state index >= 15 is 0 Å². The first kappa shape index (κ1) is 13.2. The van der Waals surface area contributed by atoms with Crippen LogP contribution in [0, 0.1) is 6.92 Å². The summed E-state index contributed by atoms with van der Waals surface area (Å²) in [6.45, 7) is 2.54. The van der Waals surface area contributed by atoms with Crippen LogP contribution in [0.5, 0.6) is 0 Å². The van der Waals surface area contributed by atoms with Gasteiger partial charge in [-0.2, -0.15) is 5.10 Å². The molecule has 0 aliphatic rings. The first-order valence-corrected chi connectivity index (χ1v) is 6.64. The molecule has 0 aliphatic heterocycles. The maximum atomic E-state index is 11.0. The van der Waals surface area contributed by atoms with Gasteiger partial charge >= 0.3 is 5.97 Å². The number of rotatable bonds is 4. The van der Waals surface area contributed by atoms with E-state index in [1.54, 1.807) is 12.1 Å². The van der Waals surface area contributed by atoms with Crippen molar-refractivity contribution in [3.8, 4) is 0 Å². The van der Waals surface area contributed by atoms with Gasteiger partial charge in [-0.1, -0.05) is 12.1 Å². The third kappa shape index (κ3) is 2.58. The molecule has 0 fully saturated rings. The summed E-state index contributed by atoms with van der Waals surface area (Å²) in [5, 5.41) is 16.6. The topological polar surface area (TPSA) is 66.6 Å². The molecule has 106 valence electrons. The van der Waals surface area contributed by atoms with Gasteiger partial charge in [-0.15, -0.1) is 0 Å². The van der Waals surface area contributed by atoms with E-state index < -0.39 is 5.97 Å². The highest BCUT2D eigenvalue weighted by molar-refractivity contribution is 5.89. The molecule has 0 amide bonds. The van der Waals surface area contributed by atoms with Crippen LogP contribution in [-0.4, -0.2) is 20.7 Å². The van der Waals surface area contributed by atoms with Gasteiger partial charge in [0.05, 0.1) is 17.3 Å². The fourth-order valence-electron chi connectivity index (χ4n) is 2.26. The molecule has 2 aromatic heterocycles. The van der Waals surface area contributed by atoms with Gasteiger partial charge < -0.3 is 10.4 Å². The highest BCUT2D eigenvalue weighted by Gasteiger charge is 2.07. The number of aromatic carboxylic acids is 1. The Labute approximate surface area is 121 Å². The molecular formula is C16H15N3O2. The first-order chi connectivity index (χ1) is 10.1. The van der Waals surface area contributed by atoms with Crippen LogP contribution < -0.4 is 5.32 Å². The summed E-state index contributed by atoms with van der Waals surface area (Å²) >= 11 is 0. The lowest BCUT2D eigenvalue weighted by atomic mass is 10.1. The third-order valence-corrected chi connectivity index (χ3v) is 3.46. The summed E-state index contributed by atoms with van der Waals surface area (Å²) in [7, 11) is 0. The number of aromatic nitrogens is 2. The molecule has 0 unspecified atom stereocenters. The molecule has 0 atom stereocenters. The van der Waals surface area contributed by atoms with Crippen molar-refractivity contribution < 1.29 is 9.90 Å². The Morgan fingerprint density at radius 2 is 2.19 bits per heavy atom. The quantitative estimate of drug-likeness (QED) is 0.771. The van der Waals surface area contributed by atoms with E-state index in [9.17, 15) is 4.79 Å². The molecule has 5 nitrogen and oxygen atoms in total. The number of carboxylic acids is 1. The zero-order valence-electron chi connectivity index (χ0n) is 11.6. The number of fused-ring (bicyclic) bond motifs is 1. The Hall–Kier alpha value is -2.82. The molecule has 2 N–H and O–H groups in total. The SMILES string of the molecule is Cc1ccc(C(=O)O)cc1NCc1cnn2ccccc12. The number of carbonyl (C=O) groups is 1. The maximum absolute atomic E-state index is 11.0. The van der Waals surface area contributed by atoms with Crippen LogP contribution in [-0.2, 0) is 6.54 Å². The summed E-state index contributed by atoms with van der Waals surface area (Å²) in [5.74, 6) is -0.922. The monoisotopic (exact) mass is 281 g/mol. The molecule has 0 saturated heterocycles. The van der Waals surface area contributed by atoms with Crippen molar-refractivity contribution in [3.63, 3.8) is 0 Å². The third-order valence-electron chi connectivity index (χ3n) is 3.46. The van der Waals surface area contributed by atoms with Crippen molar-refractivity contribution in [1.29, 1.82) is 0 Å². The van der Waals surface area contributed by atoms with Crippen molar-refractivity contribution in [3.05, 3.63) is 65.5 Å². The van der Waals surface area contributed by atoms with Gasteiger partial charge in [0.2, 0.25) is 0 Å². The maximum Gasteiger partial charge on any atom is 0.335 e. The Morgan fingerprint density at radius 3 is 3.00 bits per heavy atom. The predicted octanol–water partition coefficient (Wildman–Crippen LogP) is 2.95. The van der Waals surface area contributed by atoms with Crippen LogP contribution in [0.1, 0.15) is 21.5 Å². The largest absolute Gasteiger partial charge is 0.478 e. The summed E-state index contributed by atoms with van der Waals surface area (Å²) in [6.07, 6.45) is 3.72. The van der Waals surface area contributed by atoms with Crippen molar-refractivity contribution in [1.82, 2.24) is 9.61 Å². The Balaban J connectivity index is 1.84. The van der Waals surface area contributed by atoms with Crippen molar-refractivity contribution in [2.24, 2.45) is 0 Å². The van der Waals surface area contributed by atoms with Crippen molar-refractivity contribution in [2.45, 2.75) is 13.5 Å². The standard InChI is InChI=1S/C16H15N3O2/c1-11-5-6-12(16(20)21)8-14(11)17-9-13-10-18-19-7-3-2-4-15(13)19/h2-8,10,17H,9H2,1H3,(H,20,21). The molecule has 21 heavy (non-hydrogen) atoms. The average Bonchev–Trinajstić information content (AvgIpc) is 2.89. The summed E-state index contributed by atoms with van der Waals surface area (Å²) in [6, 6.07) is 11.0. The van der Waals surface area contributed by atoms with E-state index in [0.717, 1.165) is 22.3 Å². The number of aryl methyl sites for hydroxylation is 1. The van der Waals surface area contributed by atoms with Gasteiger partial charge in [-0.25, -0.2) is 9.31 Å². The van der Waals surface area contributed by atoms with E-state index in [1.165, 1.54) is 0 Å². The van der Waals surface area contributed by atoms with E-state index in [-0.39, 0.29) is 5.56 Å². The number of hydrogen-bond donors (Lipinski definition) is 2. The second-order valence-corrected chi connectivity index (χ2v) is 4.89. The first-order valence-electron chi connectivity index (χ1n) is 6.64. The van der Waals surface area contributed by atoms with Crippen molar-refractivity contribution >= 4 is 17.2 Å². The fraction of sp³-hybridized carbons (Fsp3) is 0.125. The van der Waals surface area contributed by atoms with Crippen LogP contribution in [0.25, 0.3) is 5.52 Å². The number of nitrogens with one attached hydrogen (secondary N) is 1. The molecule has 0 spiro atoms. The second kappa shape index (κ2) is 5.28. The van der Waals surface area contributed by atoms with Gasteiger partial charge in [0.15, 0.2) is 0 Å². The fourth-order valence-corrected chi connectivity index (χ4v) is 2.26. The zero-order chi connectivity index (χ0) is 14.8. The zero-order valence-corrected chi connectivity index (χ0v) is 11.6. The van der Waals surface area contributed by atoms with Crippen LogP contribution in [0.2, 0.25) is 0 Å². The normalized spacial score (nSPS) is 10.7. The van der Waals surface area contributed by atoms with E-state index in [4.69, 9.17) is 5.11 Å². The number of nitrogens with zero attached hydrogens (tertiary/aromatic N) is 2. The molecule has 2 heterocycles. The predicted molar refractivity (Wildman–Crippen MR) is 80.7 cm³/mol. The van der Waals surface area contributed by atoms with Gasteiger partial charge in [0, 0.05) is 24.0 Å². The molecule has 0 bridgehead atoms. The lowest BCUT2D eigenvalue weighted by Gasteiger charge is -2.10. The number of anilines is 1. The molecule has 0 radical (unpaired) electrons.